The maximum atomic E-state index is 11.0. The first-order chi connectivity index (χ1) is 11.5. The van der Waals surface area contributed by atoms with Gasteiger partial charge < -0.3 is 14.8 Å². The summed E-state index contributed by atoms with van der Waals surface area (Å²) in [4.78, 5) is 22.6. The number of carboxylic acids is 1. The molecule has 0 radical (unpaired) electrons. The van der Waals surface area contributed by atoms with Crippen LogP contribution in [0.25, 0.3) is 0 Å². The van der Waals surface area contributed by atoms with Gasteiger partial charge in [0.1, 0.15) is 5.82 Å². The van der Waals surface area contributed by atoms with Gasteiger partial charge in [0.25, 0.3) is 0 Å². The van der Waals surface area contributed by atoms with Gasteiger partial charge in [0.15, 0.2) is 5.16 Å². The van der Waals surface area contributed by atoms with Gasteiger partial charge in [0.2, 0.25) is 0 Å². The van der Waals surface area contributed by atoms with Crippen LogP contribution in [-0.2, 0) is 5.75 Å². The first kappa shape index (κ1) is 16.8. The molecule has 1 aromatic heterocycles. The van der Waals surface area contributed by atoms with Crippen LogP contribution in [0.1, 0.15) is 40.0 Å². The Bertz CT molecular complexity index is 758. The molecule has 0 saturated carbocycles. The molecule has 5 nitrogen and oxygen atoms in total. The number of thioether (sulfide) groups is 1. The van der Waals surface area contributed by atoms with Crippen LogP contribution in [0.3, 0.4) is 0 Å². The van der Waals surface area contributed by atoms with Gasteiger partial charge in [-0.15, -0.1) is 0 Å². The minimum absolute atomic E-state index is 0.201. The van der Waals surface area contributed by atoms with Crippen molar-refractivity contribution >= 4 is 23.5 Å². The fourth-order valence-electron chi connectivity index (χ4n) is 2.83. The van der Waals surface area contributed by atoms with Gasteiger partial charge in [-0.1, -0.05) is 30.0 Å². The van der Waals surface area contributed by atoms with Gasteiger partial charge in [-0.25, -0.2) is 9.97 Å². The third-order valence-corrected chi connectivity index (χ3v) is 5.20. The third kappa shape index (κ3) is 3.70. The number of aryl methyl sites for hydroxylation is 1. The van der Waals surface area contributed by atoms with Crippen LogP contribution in [0.4, 0.5) is 5.82 Å². The van der Waals surface area contributed by atoms with E-state index in [1.54, 1.807) is 18.2 Å². The molecule has 0 bridgehead atoms. The molecule has 0 unspecified atom stereocenters. The molecule has 1 saturated heterocycles. The van der Waals surface area contributed by atoms with Crippen LogP contribution in [0.2, 0.25) is 0 Å². The van der Waals surface area contributed by atoms with Crippen LogP contribution >= 0.6 is 11.8 Å². The predicted octanol–water partition coefficient (Wildman–Crippen LogP) is 2.35. The summed E-state index contributed by atoms with van der Waals surface area (Å²) >= 11 is 1.53. The Hall–Kier alpha value is -2.08. The lowest BCUT2D eigenvalue weighted by Gasteiger charge is -2.20. The van der Waals surface area contributed by atoms with Crippen molar-refractivity contribution in [2.45, 2.75) is 37.6 Å². The molecule has 24 heavy (non-hydrogen) atoms. The molecule has 1 aromatic carbocycles. The van der Waals surface area contributed by atoms with E-state index in [9.17, 15) is 9.90 Å². The standard InChI is InChI=1S/C18H21N3O2S/c1-12-13(2)19-18(20-16(12)21-8-3-4-9-21)24-11-14-6-5-7-15(10-14)17(22)23/h5-7,10H,3-4,8-9,11H2,1-2H3,(H,22,23)/p-1. The Labute approximate surface area is 146 Å². The molecule has 2 heterocycles. The highest BCUT2D eigenvalue weighted by Gasteiger charge is 2.18. The fourth-order valence-corrected chi connectivity index (χ4v) is 3.65. The number of nitrogens with zero attached hydrogens (tertiary/aromatic N) is 3. The maximum absolute atomic E-state index is 11.0. The largest absolute Gasteiger partial charge is 0.545 e. The second-order valence-corrected chi connectivity index (χ2v) is 6.95. The zero-order valence-electron chi connectivity index (χ0n) is 13.9. The number of carbonyl (C=O) groups is 1. The van der Waals surface area contributed by atoms with E-state index in [4.69, 9.17) is 4.98 Å². The van der Waals surface area contributed by atoms with Gasteiger partial charge in [-0.3, -0.25) is 0 Å². The second-order valence-electron chi connectivity index (χ2n) is 6.01. The molecule has 1 aliphatic rings. The number of hydrogen-bond acceptors (Lipinski definition) is 6. The van der Waals surface area contributed by atoms with E-state index in [1.165, 1.54) is 24.6 Å². The lowest BCUT2D eigenvalue weighted by atomic mass is 10.1. The van der Waals surface area contributed by atoms with E-state index in [2.05, 4.69) is 16.8 Å². The topological polar surface area (TPSA) is 69.1 Å². The molecule has 1 fully saturated rings. The summed E-state index contributed by atoms with van der Waals surface area (Å²) in [5.74, 6) is 0.509. The average molecular weight is 342 g/mol. The predicted molar refractivity (Wildman–Crippen MR) is 93.3 cm³/mol. The Morgan fingerprint density at radius 3 is 2.71 bits per heavy atom. The van der Waals surface area contributed by atoms with Crippen molar-refractivity contribution in [1.29, 1.82) is 0 Å². The lowest BCUT2D eigenvalue weighted by Crippen LogP contribution is -2.22. The van der Waals surface area contributed by atoms with Gasteiger partial charge in [-0.2, -0.15) is 0 Å². The summed E-state index contributed by atoms with van der Waals surface area (Å²) in [6.07, 6.45) is 2.42. The quantitative estimate of drug-likeness (QED) is 0.614. The molecule has 6 heteroatoms. The van der Waals surface area contributed by atoms with Gasteiger partial charge >= 0.3 is 0 Å². The van der Waals surface area contributed by atoms with E-state index in [1.807, 2.05) is 13.0 Å². The molecule has 0 spiro atoms. The van der Waals surface area contributed by atoms with Crippen molar-refractivity contribution in [2.24, 2.45) is 0 Å². The van der Waals surface area contributed by atoms with Crippen molar-refractivity contribution < 1.29 is 9.90 Å². The van der Waals surface area contributed by atoms with Crippen molar-refractivity contribution in [2.75, 3.05) is 18.0 Å². The molecule has 0 N–H and O–H groups in total. The molecule has 0 aliphatic carbocycles. The highest BCUT2D eigenvalue weighted by atomic mass is 32.2. The summed E-state index contributed by atoms with van der Waals surface area (Å²) in [6.45, 7) is 6.18. The van der Waals surface area contributed by atoms with Crippen molar-refractivity contribution in [3.63, 3.8) is 0 Å². The number of anilines is 1. The average Bonchev–Trinajstić information content (AvgIpc) is 3.10. The summed E-state index contributed by atoms with van der Waals surface area (Å²) in [5.41, 5.74) is 3.26. The number of aromatic nitrogens is 2. The van der Waals surface area contributed by atoms with Crippen molar-refractivity contribution in [3.8, 4) is 0 Å². The monoisotopic (exact) mass is 342 g/mol. The second kappa shape index (κ2) is 7.21. The van der Waals surface area contributed by atoms with Crippen LogP contribution in [0.15, 0.2) is 29.4 Å². The minimum atomic E-state index is -1.15. The molecule has 0 atom stereocenters. The van der Waals surface area contributed by atoms with Crippen LogP contribution < -0.4 is 10.0 Å². The molecular formula is C18H20N3O2S-. The Balaban J connectivity index is 1.77. The normalized spacial score (nSPS) is 14.2. The van der Waals surface area contributed by atoms with Crippen LogP contribution in [0.5, 0.6) is 0 Å². The molecule has 0 amide bonds. The number of carbonyl (C=O) groups excluding carboxylic acids is 1. The SMILES string of the molecule is Cc1nc(SCc2cccc(C(=O)[O-])c2)nc(N2CCCC2)c1C. The van der Waals surface area contributed by atoms with Gasteiger partial charge in [-0.05, 0) is 43.9 Å². The van der Waals surface area contributed by atoms with E-state index >= 15 is 0 Å². The third-order valence-electron chi connectivity index (χ3n) is 4.28. The number of rotatable bonds is 5. The molecule has 2 aromatic rings. The number of benzene rings is 1. The van der Waals surface area contributed by atoms with Crippen molar-refractivity contribution in [1.82, 2.24) is 9.97 Å². The number of aromatic carboxylic acids is 1. The zero-order chi connectivity index (χ0) is 17.1. The zero-order valence-corrected chi connectivity index (χ0v) is 14.7. The summed E-state index contributed by atoms with van der Waals surface area (Å²) in [7, 11) is 0. The van der Waals surface area contributed by atoms with Crippen LogP contribution in [0, 0.1) is 13.8 Å². The number of carboxylic acid groups (broad SMARTS) is 1. The highest BCUT2D eigenvalue weighted by molar-refractivity contribution is 7.98. The Kier molecular flexibility index (Phi) is 5.04. The van der Waals surface area contributed by atoms with Gasteiger partial charge in [0.05, 0.1) is 5.97 Å². The fraction of sp³-hybridized carbons (Fsp3) is 0.389. The summed E-state index contributed by atoms with van der Waals surface area (Å²) in [6, 6.07) is 6.83. The molecule has 3 rings (SSSR count). The van der Waals surface area contributed by atoms with E-state index in [-0.39, 0.29) is 5.56 Å². The maximum Gasteiger partial charge on any atom is 0.190 e. The lowest BCUT2D eigenvalue weighted by molar-refractivity contribution is -0.255. The van der Waals surface area contributed by atoms with Gasteiger partial charge in [0, 0.05) is 30.1 Å². The number of hydrogen-bond donors (Lipinski definition) is 0. The highest BCUT2D eigenvalue weighted by Crippen LogP contribution is 2.28. The van der Waals surface area contributed by atoms with E-state index < -0.39 is 5.97 Å². The van der Waals surface area contributed by atoms with E-state index in [0.29, 0.717) is 5.75 Å². The Morgan fingerprint density at radius 2 is 2.00 bits per heavy atom. The molecule has 1 aliphatic heterocycles. The molecule has 126 valence electrons. The Morgan fingerprint density at radius 1 is 1.25 bits per heavy atom. The first-order valence-electron chi connectivity index (χ1n) is 8.08. The summed E-state index contributed by atoms with van der Waals surface area (Å²) in [5, 5.41) is 11.7. The van der Waals surface area contributed by atoms with Crippen molar-refractivity contribution in [3.05, 3.63) is 46.6 Å². The van der Waals surface area contributed by atoms with E-state index in [0.717, 1.165) is 40.9 Å². The first-order valence-corrected chi connectivity index (χ1v) is 9.06. The molecular weight excluding hydrogens is 322 g/mol. The minimum Gasteiger partial charge on any atom is -0.545 e. The summed E-state index contributed by atoms with van der Waals surface area (Å²) < 4.78 is 0. The van der Waals surface area contributed by atoms with Crippen LogP contribution in [-0.4, -0.2) is 29.0 Å². The smallest absolute Gasteiger partial charge is 0.190 e.